The standard InChI is InChI=1S/C17H23FN6.HI/c1-3-19-16(20-10-15-23-22-12-24(15)2)21-11-17(8-9-17)13-6-4-5-7-14(13)18;/h4-7,12H,3,8-11H2,1-2H3,(H2,19,20,21);1H. The van der Waals surface area contributed by atoms with Crippen LogP contribution in [0, 0.1) is 5.82 Å². The molecule has 8 heteroatoms. The third-order valence-electron chi connectivity index (χ3n) is 4.42. The van der Waals surface area contributed by atoms with E-state index < -0.39 is 0 Å². The van der Waals surface area contributed by atoms with E-state index in [2.05, 4.69) is 25.8 Å². The molecule has 0 spiro atoms. The molecule has 0 amide bonds. The van der Waals surface area contributed by atoms with Crippen LogP contribution < -0.4 is 10.6 Å². The van der Waals surface area contributed by atoms with E-state index in [9.17, 15) is 4.39 Å². The molecule has 136 valence electrons. The average Bonchev–Trinajstić information content (AvgIpc) is 3.26. The van der Waals surface area contributed by atoms with Gasteiger partial charge >= 0.3 is 0 Å². The van der Waals surface area contributed by atoms with E-state index in [0.29, 0.717) is 19.0 Å². The van der Waals surface area contributed by atoms with Gasteiger partial charge in [-0.25, -0.2) is 9.38 Å². The van der Waals surface area contributed by atoms with Gasteiger partial charge in [-0.1, -0.05) is 18.2 Å². The largest absolute Gasteiger partial charge is 0.357 e. The van der Waals surface area contributed by atoms with Crippen molar-refractivity contribution in [3.8, 4) is 0 Å². The number of nitrogens with zero attached hydrogens (tertiary/aromatic N) is 4. The van der Waals surface area contributed by atoms with E-state index in [1.54, 1.807) is 12.4 Å². The van der Waals surface area contributed by atoms with Gasteiger partial charge in [-0.2, -0.15) is 0 Å². The molecule has 2 N–H and O–H groups in total. The quantitative estimate of drug-likeness (QED) is 0.397. The topological polar surface area (TPSA) is 67.1 Å². The molecule has 25 heavy (non-hydrogen) atoms. The molecular weight excluding hydrogens is 434 g/mol. The molecule has 0 radical (unpaired) electrons. The Balaban J connectivity index is 0.00000225. The minimum Gasteiger partial charge on any atom is -0.357 e. The second-order valence-corrected chi connectivity index (χ2v) is 6.17. The highest BCUT2D eigenvalue weighted by molar-refractivity contribution is 14.0. The number of hydrogen-bond acceptors (Lipinski definition) is 3. The van der Waals surface area contributed by atoms with Crippen molar-refractivity contribution in [2.24, 2.45) is 12.0 Å². The van der Waals surface area contributed by atoms with Crippen LogP contribution in [-0.4, -0.2) is 33.8 Å². The van der Waals surface area contributed by atoms with E-state index in [-0.39, 0.29) is 35.2 Å². The number of hydrogen-bond donors (Lipinski definition) is 2. The lowest BCUT2D eigenvalue weighted by Gasteiger charge is -2.19. The first-order chi connectivity index (χ1) is 11.6. The zero-order valence-corrected chi connectivity index (χ0v) is 16.8. The van der Waals surface area contributed by atoms with Gasteiger partial charge in [0.25, 0.3) is 0 Å². The van der Waals surface area contributed by atoms with Crippen molar-refractivity contribution in [3.63, 3.8) is 0 Å². The second-order valence-electron chi connectivity index (χ2n) is 6.17. The number of aryl methyl sites for hydroxylation is 1. The number of halogens is 2. The van der Waals surface area contributed by atoms with Crippen LogP contribution in [0.2, 0.25) is 0 Å². The Morgan fingerprint density at radius 1 is 1.32 bits per heavy atom. The Hall–Kier alpha value is -1.71. The predicted octanol–water partition coefficient (Wildman–Crippen LogP) is 2.36. The van der Waals surface area contributed by atoms with Crippen LogP contribution in [0.4, 0.5) is 4.39 Å². The maximum absolute atomic E-state index is 14.1. The van der Waals surface area contributed by atoms with Gasteiger partial charge in [0, 0.05) is 25.6 Å². The molecule has 0 atom stereocenters. The highest BCUT2D eigenvalue weighted by Crippen LogP contribution is 2.48. The first-order valence-corrected chi connectivity index (χ1v) is 8.25. The van der Waals surface area contributed by atoms with Crippen LogP contribution in [0.3, 0.4) is 0 Å². The third kappa shape index (κ3) is 4.68. The second kappa shape index (κ2) is 8.59. The zero-order chi connectivity index (χ0) is 17.0. The Labute approximate surface area is 164 Å². The van der Waals surface area contributed by atoms with Crippen molar-refractivity contribution in [2.75, 3.05) is 13.1 Å². The van der Waals surface area contributed by atoms with E-state index in [4.69, 9.17) is 0 Å². The Morgan fingerprint density at radius 2 is 2.08 bits per heavy atom. The molecule has 6 nitrogen and oxygen atoms in total. The molecule has 1 aromatic carbocycles. The van der Waals surface area contributed by atoms with Crippen LogP contribution in [0.1, 0.15) is 31.2 Å². The SMILES string of the molecule is CCNC(=NCc1nncn1C)NCC1(c2ccccc2F)CC1.I. The molecule has 1 saturated carbocycles. The minimum atomic E-state index is -0.127. The Morgan fingerprint density at radius 3 is 2.68 bits per heavy atom. The number of aromatic nitrogens is 3. The molecule has 1 aliphatic carbocycles. The third-order valence-corrected chi connectivity index (χ3v) is 4.42. The Bertz CT molecular complexity index is 725. The molecule has 3 rings (SSSR count). The molecule has 0 unspecified atom stereocenters. The highest BCUT2D eigenvalue weighted by atomic mass is 127. The average molecular weight is 458 g/mol. The summed E-state index contributed by atoms with van der Waals surface area (Å²) in [6.07, 6.45) is 3.63. The first kappa shape index (κ1) is 19.6. The van der Waals surface area contributed by atoms with Crippen LogP contribution in [0.5, 0.6) is 0 Å². The maximum Gasteiger partial charge on any atom is 0.191 e. The summed E-state index contributed by atoms with van der Waals surface area (Å²) in [4.78, 5) is 4.54. The summed E-state index contributed by atoms with van der Waals surface area (Å²) in [5, 5.41) is 14.4. The maximum atomic E-state index is 14.1. The van der Waals surface area contributed by atoms with Crippen molar-refractivity contribution in [2.45, 2.75) is 31.7 Å². The van der Waals surface area contributed by atoms with Gasteiger partial charge in [0.2, 0.25) is 0 Å². The number of aliphatic imine (C=N–C) groups is 1. The first-order valence-electron chi connectivity index (χ1n) is 8.25. The molecular formula is C17H24FIN6. The Kier molecular flexibility index (Phi) is 6.74. The highest BCUT2D eigenvalue weighted by Gasteiger charge is 2.45. The van der Waals surface area contributed by atoms with Gasteiger partial charge in [-0.15, -0.1) is 34.2 Å². The summed E-state index contributed by atoms with van der Waals surface area (Å²) in [7, 11) is 1.89. The summed E-state index contributed by atoms with van der Waals surface area (Å²) < 4.78 is 15.9. The van der Waals surface area contributed by atoms with Crippen molar-refractivity contribution in [1.29, 1.82) is 0 Å². The fourth-order valence-electron chi connectivity index (χ4n) is 2.78. The van der Waals surface area contributed by atoms with E-state index in [0.717, 1.165) is 30.8 Å². The van der Waals surface area contributed by atoms with Gasteiger partial charge < -0.3 is 15.2 Å². The number of nitrogens with one attached hydrogen (secondary N) is 2. The lowest BCUT2D eigenvalue weighted by atomic mass is 9.95. The van der Waals surface area contributed by atoms with Crippen molar-refractivity contribution in [3.05, 3.63) is 47.8 Å². The van der Waals surface area contributed by atoms with Crippen LogP contribution >= 0.6 is 24.0 Å². The van der Waals surface area contributed by atoms with E-state index >= 15 is 0 Å². The molecule has 0 bridgehead atoms. The van der Waals surface area contributed by atoms with Crippen molar-refractivity contribution >= 4 is 29.9 Å². The molecule has 2 aromatic rings. The summed E-state index contributed by atoms with van der Waals surface area (Å²) in [6, 6.07) is 7.04. The lowest BCUT2D eigenvalue weighted by molar-refractivity contribution is 0.559. The van der Waals surface area contributed by atoms with Crippen molar-refractivity contribution in [1.82, 2.24) is 25.4 Å². The minimum absolute atomic E-state index is 0. The normalized spacial score (nSPS) is 15.4. The summed E-state index contributed by atoms with van der Waals surface area (Å²) in [5.41, 5.74) is 0.674. The fourth-order valence-corrected chi connectivity index (χ4v) is 2.78. The smallest absolute Gasteiger partial charge is 0.191 e. The van der Waals surface area contributed by atoms with Crippen LogP contribution in [0.25, 0.3) is 0 Å². The van der Waals surface area contributed by atoms with Gasteiger partial charge in [-0.3, -0.25) is 0 Å². The summed E-state index contributed by atoms with van der Waals surface area (Å²) >= 11 is 0. The molecule has 1 aromatic heterocycles. The number of benzene rings is 1. The molecule has 1 fully saturated rings. The molecule has 1 aliphatic rings. The molecule has 0 saturated heterocycles. The van der Waals surface area contributed by atoms with Gasteiger partial charge in [-0.05, 0) is 31.4 Å². The monoisotopic (exact) mass is 458 g/mol. The van der Waals surface area contributed by atoms with Gasteiger partial charge in [0.05, 0.1) is 0 Å². The number of guanidine groups is 1. The van der Waals surface area contributed by atoms with Crippen LogP contribution in [-0.2, 0) is 19.0 Å². The van der Waals surface area contributed by atoms with Crippen molar-refractivity contribution < 1.29 is 4.39 Å². The zero-order valence-electron chi connectivity index (χ0n) is 14.5. The lowest BCUT2D eigenvalue weighted by Crippen LogP contribution is -2.41. The number of rotatable bonds is 6. The van der Waals surface area contributed by atoms with Crippen LogP contribution in [0.15, 0.2) is 35.6 Å². The fraction of sp³-hybridized carbons (Fsp3) is 0.471. The predicted molar refractivity (Wildman–Crippen MR) is 107 cm³/mol. The summed E-state index contributed by atoms with van der Waals surface area (Å²) in [6.45, 7) is 3.89. The molecule has 1 heterocycles. The van der Waals surface area contributed by atoms with Gasteiger partial charge in [0.15, 0.2) is 11.8 Å². The van der Waals surface area contributed by atoms with E-state index in [1.165, 1.54) is 6.07 Å². The van der Waals surface area contributed by atoms with E-state index in [1.807, 2.05) is 30.7 Å². The molecule has 0 aliphatic heterocycles. The summed E-state index contributed by atoms with van der Waals surface area (Å²) in [5.74, 6) is 1.38. The van der Waals surface area contributed by atoms with Gasteiger partial charge in [0.1, 0.15) is 18.7 Å².